The lowest BCUT2D eigenvalue weighted by Gasteiger charge is -2.20. The predicted molar refractivity (Wildman–Crippen MR) is 84.7 cm³/mol. The second kappa shape index (κ2) is 7.81. The molecule has 0 saturated carbocycles. The molecule has 0 bridgehead atoms. The lowest BCUT2D eigenvalue weighted by Crippen LogP contribution is -2.15. The van der Waals surface area contributed by atoms with Crippen molar-refractivity contribution in [2.45, 2.75) is 58.8 Å². The molecule has 0 fully saturated rings. The largest absolute Gasteiger partial charge is 0.481 e. The van der Waals surface area contributed by atoms with E-state index >= 15 is 0 Å². The summed E-state index contributed by atoms with van der Waals surface area (Å²) >= 11 is 0. The van der Waals surface area contributed by atoms with Crippen molar-refractivity contribution in [2.24, 2.45) is 0 Å². The van der Waals surface area contributed by atoms with Crippen molar-refractivity contribution in [1.82, 2.24) is 0 Å². The third kappa shape index (κ3) is 5.21. The van der Waals surface area contributed by atoms with Crippen LogP contribution >= 0.6 is 0 Å². The van der Waals surface area contributed by atoms with Crippen molar-refractivity contribution in [3.8, 4) is 0 Å². The standard InChI is InChI=1S/C17H25NO3/c1-11(2)13-7-5-8-14(12(3)4)17(13)18-15(19)9-6-10-16(20)21/h5,7-8,11-12H,6,9-10H2,1-4H3,(H,18,19)(H,20,21). The van der Waals surface area contributed by atoms with Crippen molar-refractivity contribution in [2.75, 3.05) is 5.32 Å². The summed E-state index contributed by atoms with van der Waals surface area (Å²) in [4.78, 5) is 22.5. The average molecular weight is 291 g/mol. The number of nitrogens with one attached hydrogen (secondary N) is 1. The van der Waals surface area contributed by atoms with E-state index in [1.54, 1.807) is 0 Å². The summed E-state index contributed by atoms with van der Waals surface area (Å²) in [6.45, 7) is 8.39. The zero-order valence-electron chi connectivity index (χ0n) is 13.3. The second-order valence-corrected chi connectivity index (χ2v) is 5.92. The minimum Gasteiger partial charge on any atom is -0.481 e. The van der Waals surface area contributed by atoms with E-state index in [0.717, 1.165) is 16.8 Å². The highest BCUT2D eigenvalue weighted by molar-refractivity contribution is 5.92. The van der Waals surface area contributed by atoms with Crippen LogP contribution in [0.4, 0.5) is 5.69 Å². The Kier molecular flexibility index (Phi) is 6.40. The van der Waals surface area contributed by atoms with Crippen LogP contribution in [0.3, 0.4) is 0 Å². The van der Waals surface area contributed by atoms with Crippen molar-refractivity contribution < 1.29 is 14.7 Å². The van der Waals surface area contributed by atoms with Gasteiger partial charge in [0.15, 0.2) is 0 Å². The van der Waals surface area contributed by atoms with Crippen molar-refractivity contribution >= 4 is 17.6 Å². The Morgan fingerprint density at radius 2 is 1.57 bits per heavy atom. The number of benzene rings is 1. The number of aliphatic carboxylic acids is 1. The molecule has 0 saturated heterocycles. The molecule has 0 aliphatic rings. The van der Waals surface area contributed by atoms with Gasteiger partial charge in [0.2, 0.25) is 5.91 Å². The number of carbonyl (C=O) groups is 2. The zero-order valence-corrected chi connectivity index (χ0v) is 13.3. The average Bonchev–Trinajstić information content (AvgIpc) is 2.37. The van der Waals surface area contributed by atoms with Crippen LogP contribution in [0.2, 0.25) is 0 Å². The first-order chi connectivity index (χ1) is 9.82. The fraction of sp³-hybridized carbons (Fsp3) is 0.529. The summed E-state index contributed by atoms with van der Waals surface area (Å²) in [6, 6.07) is 6.08. The second-order valence-electron chi connectivity index (χ2n) is 5.92. The number of anilines is 1. The molecule has 1 aromatic carbocycles. The molecule has 0 aliphatic carbocycles. The number of carboxylic acids is 1. The molecule has 0 spiro atoms. The smallest absolute Gasteiger partial charge is 0.303 e. The van der Waals surface area contributed by atoms with Gasteiger partial charge in [0.25, 0.3) is 0 Å². The minimum absolute atomic E-state index is 0.0241. The van der Waals surface area contributed by atoms with Crippen molar-refractivity contribution in [1.29, 1.82) is 0 Å². The first kappa shape index (κ1) is 17.2. The highest BCUT2D eigenvalue weighted by Crippen LogP contribution is 2.32. The molecule has 4 heteroatoms. The fourth-order valence-electron chi connectivity index (χ4n) is 2.30. The molecule has 21 heavy (non-hydrogen) atoms. The molecular weight excluding hydrogens is 266 g/mol. The Morgan fingerprint density at radius 3 is 2.00 bits per heavy atom. The van der Waals surface area contributed by atoms with E-state index in [0.29, 0.717) is 18.3 Å². The number of para-hydroxylation sites is 1. The third-order valence-electron chi connectivity index (χ3n) is 3.43. The molecule has 0 atom stereocenters. The zero-order chi connectivity index (χ0) is 16.0. The Bertz CT molecular complexity index is 481. The minimum atomic E-state index is -0.867. The van der Waals surface area contributed by atoms with Crippen LogP contribution in [-0.2, 0) is 9.59 Å². The highest BCUT2D eigenvalue weighted by Gasteiger charge is 2.15. The van der Waals surface area contributed by atoms with Crippen LogP contribution in [0.1, 0.15) is 69.9 Å². The predicted octanol–water partition coefficient (Wildman–Crippen LogP) is 4.13. The van der Waals surface area contributed by atoms with Crippen LogP contribution in [0.5, 0.6) is 0 Å². The molecule has 0 radical (unpaired) electrons. The number of hydrogen-bond donors (Lipinski definition) is 2. The molecule has 4 nitrogen and oxygen atoms in total. The Hall–Kier alpha value is -1.84. The first-order valence-electron chi connectivity index (χ1n) is 7.47. The molecule has 0 unspecified atom stereocenters. The fourth-order valence-corrected chi connectivity index (χ4v) is 2.30. The maximum absolute atomic E-state index is 12.0. The molecule has 2 N–H and O–H groups in total. The number of rotatable bonds is 7. The Labute approximate surface area is 126 Å². The van der Waals surface area contributed by atoms with Gasteiger partial charge in [-0.2, -0.15) is 0 Å². The number of hydrogen-bond acceptors (Lipinski definition) is 2. The van der Waals surface area contributed by atoms with Crippen LogP contribution < -0.4 is 5.32 Å². The van der Waals surface area contributed by atoms with Crippen LogP contribution in [-0.4, -0.2) is 17.0 Å². The van der Waals surface area contributed by atoms with Gasteiger partial charge in [0.05, 0.1) is 0 Å². The van der Waals surface area contributed by atoms with Gasteiger partial charge in [-0.1, -0.05) is 45.9 Å². The lowest BCUT2D eigenvalue weighted by atomic mass is 9.92. The van der Waals surface area contributed by atoms with E-state index in [1.165, 1.54) is 0 Å². The summed E-state index contributed by atoms with van der Waals surface area (Å²) < 4.78 is 0. The van der Waals surface area contributed by atoms with E-state index in [4.69, 9.17) is 5.11 Å². The van der Waals surface area contributed by atoms with Gasteiger partial charge in [-0.25, -0.2) is 0 Å². The van der Waals surface area contributed by atoms with Crippen molar-refractivity contribution in [3.63, 3.8) is 0 Å². The quantitative estimate of drug-likeness (QED) is 0.794. The summed E-state index contributed by atoms with van der Waals surface area (Å²) in [5, 5.41) is 11.6. The Morgan fingerprint density at radius 1 is 1.05 bits per heavy atom. The van der Waals surface area contributed by atoms with Gasteiger partial charge in [0.1, 0.15) is 0 Å². The summed E-state index contributed by atoms with van der Waals surface area (Å²) in [6.07, 6.45) is 0.620. The summed E-state index contributed by atoms with van der Waals surface area (Å²) in [5.74, 6) is -0.351. The number of carbonyl (C=O) groups excluding carboxylic acids is 1. The molecule has 1 aromatic rings. The SMILES string of the molecule is CC(C)c1cccc(C(C)C)c1NC(=O)CCCC(=O)O. The summed E-state index contributed by atoms with van der Waals surface area (Å²) in [5.41, 5.74) is 3.13. The van der Waals surface area contributed by atoms with Gasteiger partial charge in [0, 0.05) is 18.5 Å². The molecule has 0 heterocycles. The van der Waals surface area contributed by atoms with E-state index in [1.807, 2.05) is 18.2 Å². The van der Waals surface area contributed by atoms with Gasteiger partial charge >= 0.3 is 5.97 Å². The van der Waals surface area contributed by atoms with E-state index in [-0.39, 0.29) is 18.7 Å². The van der Waals surface area contributed by atoms with E-state index < -0.39 is 5.97 Å². The lowest BCUT2D eigenvalue weighted by molar-refractivity contribution is -0.137. The monoisotopic (exact) mass is 291 g/mol. The third-order valence-corrected chi connectivity index (χ3v) is 3.43. The maximum atomic E-state index is 12.0. The Balaban J connectivity index is 2.89. The van der Waals surface area contributed by atoms with Gasteiger partial charge in [-0.3, -0.25) is 9.59 Å². The molecule has 116 valence electrons. The topological polar surface area (TPSA) is 66.4 Å². The van der Waals surface area contributed by atoms with Crippen molar-refractivity contribution in [3.05, 3.63) is 29.3 Å². The summed E-state index contributed by atoms with van der Waals surface area (Å²) in [7, 11) is 0. The first-order valence-corrected chi connectivity index (χ1v) is 7.47. The number of carboxylic acid groups (broad SMARTS) is 1. The van der Waals surface area contributed by atoms with Crippen LogP contribution in [0, 0.1) is 0 Å². The molecule has 1 rings (SSSR count). The van der Waals surface area contributed by atoms with Gasteiger partial charge < -0.3 is 10.4 Å². The molecule has 1 amide bonds. The van der Waals surface area contributed by atoms with Gasteiger partial charge in [-0.05, 0) is 29.4 Å². The maximum Gasteiger partial charge on any atom is 0.303 e. The molecule has 0 aromatic heterocycles. The van der Waals surface area contributed by atoms with E-state index in [9.17, 15) is 9.59 Å². The van der Waals surface area contributed by atoms with Crippen LogP contribution in [0.25, 0.3) is 0 Å². The molecular formula is C17H25NO3. The number of amides is 1. The normalized spacial score (nSPS) is 11.0. The van der Waals surface area contributed by atoms with Crippen LogP contribution in [0.15, 0.2) is 18.2 Å². The van der Waals surface area contributed by atoms with Gasteiger partial charge in [-0.15, -0.1) is 0 Å². The molecule has 0 aliphatic heterocycles. The van der Waals surface area contributed by atoms with E-state index in [2.05, 4.69) is 33.0 Å². The highest BCUT2D eigenvalue weighted by atomic mass is 16.4.